The lowest BCUT2D eigenvalue weighted by atomic mass is 10.2. The number of morpholine rings is 1. The second kappa shape index (κ2) is 7.95. The van der Waals surface area contributed by atoms with Crippen molar-refractivity contribution in [1.29, 1.82) is 0 Å². The van der Waals surface area contributed by atoms with Gasteiger partial charge in [0.2, 0.25) is 15.9 Å². The van der Waals surface area contributed by atoms with E-state index in [-0.39, 0.29) is 22.8 Å². The molecule has 2 fully saturated rings. The molecule has 2 heterocycles. The molecule has 0 spiro atoms. The minimum absolute atomic E-state index is 0.00480. The van der Waals surface area contributed by atoms with Crippen LogP contribution in [0, 0.1) is 0 Å². The molecule has 0 N–H and O–H groups in total. The van der Waals surface area contributed by atoms with E-state index in [0.29, 0.717) is 51.5 Å². The van der Waals surface area contributed by atoms with Gasteiger partial charge < -0.3 is 14.5 Å². The molecule has 1 atom stereocenters. The van der Waals surface area contributed by atoms with Gasteiger partial charge in [-0.1, -0.05) is 6.07 Å². The average molecular weight is 395 g/mol. The molecule has 0 radical (unpaired) electrons. The van der Waals surface area contributed by atoms with Crippen molar-refractivity contribution in [2.45, 2.75) is 24.8 Å². The molecule has 2 saturated heterocycles. The van der Waals surface area contributed by atoms with E-state index in [1.54, 1.807) is 28.9 Å². The molecule has 1 aromatic carbocycles. The van der Waals surface area contributed by atoms with Gasteiger partial charge in [0.05, 0.1) is 18.1 Å². The van der Waals surface area contributed by atoms with Crippen molar-refractivity contribution < 1.29 is 22.7 Å². The molecule has 0 aliphatic carbocycles. The Bertz CT molecular complexity index is 818. The van der Waals surface area contributed by atoms with E-state index in [9.17, 15) is 18.0 Å². The largest absolute Gasteiger partial charge is 0.378 e. The van der Waals surface area contributed by atoms with E-state index >= 15 is 0 Å². The Morgan fingerprint density at radius 1 is 1.07 bits per heavy atom. The highest BCUT2D eigenvalue weighted by atomic mass is 32.2. The van der Waals surface area contributed by atoms with Gasteiger partial charge in [0.25, 0.3) is 5.91 Å². The summed E-state index contributed by atoms with van der Waals surface area (Å²) in [5, 5.41) is 0. The maximum Gasteiger partial charge on any atom is 0.254 e. The second-order valence-electron chi connectivity index (χ2n) is 6.87. The number of sulfonamides is 1. The van der Waals surface area contributed by atoms with Crippen molar-refractivity contribution in [3.8, 4) is 0 Å². The first-order chi connectivity index (χ1) is 12.8. The SMILES string of the molecule is CC(=O)N1CCN(C(=O)c2cccc(S(=O)(=O)N3CCOCC3C)c2)CC1. The van der Waals surface area contributed by atoms with Crippen LogP contribution in [0.4, 0.5) is 0 Å². The first kappa shape index (κ1) is 19.8. The molecule has 0 aromatic heterocycles. The maximum atomic E-state index is 13.0. The molecule has 148 valence electrons. The van der Waals surface area contributed by atoms with Crippen LogP contribution in [0.25, 0.3) is 0 Å². The zero-order valence-electron chi connectivity index (χ0n) is 15.6. The third-order valence-corrected chi connectivity index (χ3v) is 7.02. The molecule has 3 rings (SSSR count). The van der Waals surface area contributed by atoms with Gasteiger partial charge in [-0.3, -0.25) is 9.59 Å². The molecule has 0 saturated carbocycles. The van der Waals surface area contributed by atoms with Crippen molar-refractivity contribution in [2.24, 2.45) is 0 Å². The molecule has 2 amide bonds. The average Bonchev–Trinajstić information content (AvgIpc) is 2.68. The summed E-state index contributed by atoms with van der Waals surface area (Å²) in [6.07, 6.45) is 0. The second-order valence-corrected chi connectivity index (χ2v) is 8.76. The number of hydrogen-bond acceptors (Lipinski definition) is 5. The summed E-state index contributed by atoms with van der Waals surface area (Å²) in [5.74, 6) is -0.222. The summed E-state index contributed by atoms with van der Waals surface area (Å²) in [7, 11) is -3.69. The number of carbonyl (C=O) groups is 2. The molecular formula is C18H25N3O5S. The molecule has 2 aliphatic heterocycles. The number of piperazine rings is 1. The Kier molecular flexibility index (Phi) is 5.83. The smallest absolute Gasteiger partial charge is 0.254 e. The Labute approximate surface area is 159 Å². The third-order valence-electron chi connectivity index (χ3n) is 5.01. The molecule has 0 bridgehead atoms. The van der Waals surface area contributed by atoms with Crippen molar-refractivity contribution in [3.63, 3.8) is 0 Å². The predicted molar refractivity (Wildman–Crippen MR) is 98.8 cm³/mol. The summed E-state index contributed by atoms with van der Waals surface area (Å²) >= 11 is 0. The predicted octanol–water partition coefficient (Wildman–Crippen LogP) is 0.400. The van der Waals surface area contributed by atoms with E-state index in [4.69, 9.17) is 4.74 Å². The minimum atomic E-state index is -3.69. The number of nitrogens with zero attached hydrogens (tertiary/aromatic N) is 3. The zero-order chi connectivity index (χ0) is 19.6. The van der Waals surface area contributed by atoms with E-state index in [1.807, 2.05) is 0 Å². The molecule has 27 heavy (non-hydrogen) atoms. The molecule has 1 aromatic rings. The number of benzene rings is 1. The summed E-state index contributed by atoms with van der Waals surface area (Å²) < 4.78 is 32.7. The van der Waals surface area contributed by atoms with E-state index in [1.165, 1.54) is 23.4 Å². The van der Waals surface area contributed by atoms with Crippen LogP contribution in [-0.4, -0.2) is 86.3 Å². The Morgan fingerprint density at radius 2 is 1.74 bits per heavy atom. The fourth-order valence-corrected chi connectivity index (χ4v) is 5.05. The van der Waals surface area contributed by atoms with E-state index in [0.717, 1.165) is 0 Å². The van der Waals surface area contributed by atoms with Gasteiger partial charge >= 0.3 is 0 Å². The fourth-order valence-electron chi connectivity index (χ4n) is 3.40. The highest BCUT2D eigenvalue weighted by Gasteiger charge is 2.32. The van der Waals surface area contributed by atoms with Crippen molar-refractivity contribution in [1.82, 2.24) is 14.1 Å². The Hall–Kier alpha value is -1.97. The quantitative estimate of drug-likeness (QED) is 0.739. The fraction of sp³-hybridized carbons (Fsp3) is 0.556. The van der Waals surface area contributed by atoms with Gasteiger partial charge in [-0.05, 0) is 25.1 Å². The third kappa shape index (κ3) is 4.15. The number of hydrogen-bond donors (Lipinski definition) is 0. The number of amides is 2. The zero-order valence-corrected chi connectivity index (χ0v) is 16.4. The number of rotatable bonds is 3. The minimum Gasteiger partial charge on any atom is -0.378 e. The van der Waals surface area contributed by atoms with Crippen LogP contribution in [-0.2, 0) is 19.6 Å². The van der Waals surface area contributed by atoms with Crippen molar-refractivity contribution in [3.05, 3.63) is 29.8 Å². The standard InChI is InChI=1S/C18H25N3O5S/c1-14-13-26-11-10-21(14)27(24,25)17-5-3-4-16(12-17)18(23)20-8-6-19(7-9-20)15(2)22/h3-5,12,14H,6-11,13H2,1-2H3. The lowest BCUT2D eigenvalue weighted by Crippen LogP contribution is -2.50. The lowest BCUT2D eigenvalue weighted by Gasteiger charge is -2.34. The summed E-state index contributed by atoms with van der Waals surface area (Å²) in [6.45, 7) is 6.20. The van der Waals surface area contributed by atoms with E-state index < -0.39 is 10.0 Å². The molecule has 1 unspecified atom stereocenters. The first-order valence-corrected chi connectivity index (χ1v) is 10.5. The molecule has 8 nitrogen and oxygen atoms in total. The van der Waals surface area contributed by atoms with Crippen LogP contribution in [0.15, 0.2) is 29.2 Å². The first-order valence-electron chi connectivity index (χ1n) is 9.05. The van der Waals surface area contributed by atoms with E-state index in [2.05, 4.69) is 0 Å². The summed E-state index contributed by atoms with van der Waals surface area (Å²) in [5.41, 5.74) is 0.341. The summed E-state index contributed by atoms with van der Waals surface area (Å²) in [4.78, 5) is 27.7. The van der Waals surface area contributed by atoms with Crippen LogP contribution >= 0.6 is 0 Å². The van der Waals surface area contributed by atoms with Crippen LogP contribution < -0.4 is 0 Å². The molecular weight excluding hydrogens is 370 g/mol. The van der Waals surface area contributed by atoms with Crippen molar-refractivity contribution >= 4 is 21.8 Å². The maximum absolute atomic E-state index is 13.0. The van der Waals surface area contributed by atoms with Crippen LogP contribution in [0.3, 0.4) is 0 Å². The topological polar surface area (TPSA) is 87.2 Å². The lowest BCUT2D eigenvalue weighted by molar-refractivity contribution is -0.130. The van der Waals surface area contributed by atoms with Crippen molar-refractivity contribution in [2.75, 3.05) is 45.9 Å². The highest BCUT2D eigenvalue weighted by Crippen LogP contribution is 2.22. The van der Waals surface area contributed by atoms with Gasteiger partial charge in [0.15, 0.2) is 0 Å². The van der Waals surface area contributed by atoms with Crippen LogP contribution in [0.5, 0.6) is 0 Å². The van der Waals surface area contributed by atoms with Gasteiger partial charge in [0, 0.05) is 51.3 Å². The Morgan fingerprint density at radius 3 is 2.37 bits per heavy atom. The molecule has 2 aliphatic rings. The van der Waals surface area contributed by atoms with Gasteiger partial charge in [-0.25, -0.2) is 8.42 Å². The number of carbonyl (C=O) groups excluding carboxylic acids is 2. The monoisotopic (exact) mass is 395 g/mol. The summed E-state index contributed by atoms with van der Waals surface area (Å²) in [6, 6.07) is 5.93. The molecule has 9 heteroatoms. The highest BCUT2D eigenvalue weighted by molar-refractivity contribution is 7.89. The Balaban J connectivity index is 1.77. The van der Waals surface area contributed by atoms with Gasteiger partial charge in [0.1, 0.15) is 0 Å². The van der Waals surface area contributed by atoms with Crippen LogP contribution in [0.1, 0.15) is 24.2 Å². The number of ether oxygens (including phenoxy) is 1. The van der Waals surface area contributed by atoms with Gasteiger partial charge in [-0.15, -0.1) is 0 Å². The van der Waals surface area contributed by atoms with Crippen LogP contribution in [0.2, 0.25) is 0 Å². The normalized spacial score (nSPS) is 21.9. The van der Waals surface area contributed by atoms with Gasteiger partial charge in [-0.2, -0.15) is 4.31 Å².